The van der Waals surface area contributed by atoms with Crippen LogP contribution in [0.1, 0.15) is 56.0 Å². The molecule has 7 heteroatoms. The number of morpholine rings is 1. The van der Waals surface area contributed by atoms with E-state index in [0.29, 0.717) is 55.8 Å². The summed E-state index contributed by atoms with van der Waals surface area (Å²) in [6.45, 7) is 2.33. The van der Waals surface area contributed by atoms with E-state index in [-0.39, 0.29) is 12.0 Å². The maximum Gasteiger partial charge on any atom is 0.223 e. The number of aryl methyl sites for hydroxylation is 1. The third kappa shape index (κ3) is 5.80. The van der Waals surface area contributed by atoms with Gasteiger partial charge >= 0.3 is 0 Å². The first-order valence-corrected chi connectivity index (χ1v) is 11.8. The van der Waals surface area contributed by atoms with Crippen molar-refractivity contribution in [3.05, 3.63) is 46.7 Å². The van der Waals surface area contributed by atoms with Crippen molar-refractivity contribution in [3.8, 4) is 5.75 Å². The zero-order valence-electron chi connectivity index (χ0n) is 18.3. The average molecular weight is 446 g/mol. The molecule has 1 saturated heterocycles. The highest BCUT2D eigenvalue weighted by atomic mass is 35.5. The van der Waals surface area contributed by atoms with E-state index in [1.165, 1.54) is 32.1 Å². The van der Waals surface area contributed by atoms with Crippen molar-refractivity contribution in [2.24, 2.45) is 13.0 Å². The molecule has 0 radical (unpaired) electrons. The van der Waals surface area contributed by atoms with Gasteiger partial charge < -0.3 is 14.4 Å². The summed E-state index contributed by atoms with van der Waals surface area (Å²) < 4.78 is 13.7. The van der Waals surface area contributed by atoms with Crippen molar-refractivity contribution in [3.63, 3.8) is 0 Å². The van der Waals surface area contributed by atoms with Crippen LogP contribution in [0.4, 0.5) is 0 Å². The number of ether oxygens (including phenoxy) is 2. The van der Waals surface area contributed by atoms with Crippen molar-refractivity contribution in [1.29, 1.82) is 0 Å². The van der Waals surface area contributed by atoms with Gasteiger partial charge in [-0.25, -0.2) is 0 Å². The van der Waals surface area contributed by atoms with Gasteiger partial charge in [-0.1, -0.05) is 43.0 Å². The Morgan fingerprint density at radius 1 is 1.26 bits per heavy atom. The van der Waals surface area contributed by atoms with Crippen LogP contribution in [-0.4, -0.2) is 46.9 Å². The Kier molecular flexibility index (Phi) is 7.51. The number of hydrogen-bond acceptors (Lipinski definition) is 4. The van der Waals surface area contributed by atoms with Crippen molar-refractivity contribution < 1.29 is 14.3 Å². The Balaban J connectivity index is 1.31. The SMILES string of the molecule is Cn1nc([C@@H]2CN(C(=O)CC3CCCCC3)CCO2)cc1CCOc1ccccc1Cl. The maximum absolute atomic E-state index is 12.8. The van der Waals surface area contributed by atoms with Crippen LogP contribution in [0.25, 0.3) is 0 Å². The van der Waals surface area contributed by atoms with E-state index >= 15 is 0 Å². The van der Waals surface area contributed by atoms with Crippen molar-refractivity contribution in [1.82, 2.24) is 14.7 Å². The molecule has 1 saturated carbocycles. The van der Waals surface area contributed by atoms with Gasteiger partial charge in [-0.15, -0.1) is 0 Å². The van der Waals surface area contributed by atoms with Gasteiger partial charge in [0.25, 0.3) is 0 Å². The monoisotopic (exact) mass is 445 g/mol. The van der Waals surface area contributed by atoms with Crippen molar-refractivity contribution in [2.45, 2.75) is 51.0 Å². The summed E-state index contributed by atoms with van der Waals surface area (Å²) in [5, 5.41) is 5.27. The minimum Gasteiger partial charge on any atom is -0.492 e. The quantitative estimate of drug-likeness (QED) is 0.626. The number of amides is 1. The summed E-state index contributed by atoms with van der Waals surface area (Å²) in [5.74, 6) is 1.51. The van der Waals surface area contributed by atoms with Crippen molar-refractivity contribution in [2.75, 3.05) is 26.3 Å². The second-order valence-corrected chi connectivity index (χ2v) is 9.03. The van der Waals surface area contributed by atoms with E-state index < -0.39 is 0 Å². The predicted molar refractivity (Wildman–Crippen MR) is 120 cm³/mol. The lowest BCUT2D eigenvalue weighted by atomic mass is 9.86. The first kappa shape index (κ1) is 22.2. The molecule has 31 heavy (non-hydrogen) atoms. The minimum atomic E-state index is -0.173. The molecule has 1 atom stereocenters. The number of carbonyl (C=O) groups excluding carboxylic acids is 1. The Bertz CT molecular complexity index is 879. The van der Waals surface area contributed by atoms with E-state index in [1.54, 1.807) is 0 Å². The van der Waals surface area contributed by atoms with E-state index in [0.717, 1.165) is 11.4 Å². The van der Waals surface area contributed by atoms with Crippen LogP contribution in [0.2, 0.25) is 5.02 Å². The maximum atomic E-state index is 12.8. The Morgan fingerprint density at radius 3 is 2.87 bits per heavy atom. The fourth-order valence-corrected chi connectivity index (χ4v) is 4.76. The molecule has 2 aliphatic rings. The van der Waals surface area contributed by atoms with Gasteiger partial charge in [0.2, 0.25) is 5.91 Å². The topological polar surface area (TPSA) is 56.6 Å². The van der Waals surface area contributed by atoms with Crippen LogP contribution in [0.15, 0.2) is 30.3 Å². The summed E-state index contributed by atoms with van der Waals surface area (Å²) in [6, 6.07) is 9.55. The fraction of sp³-hybridized carbons (Fsp3) is 0.583. The Labute approximate surface area is 189 Å². The van der Waals surface area contributed by atoms with Crippen LogP contribution in [0.3, 0.4) is 0 Å². The number of nitrogens with zero attached hydrogens (tertiary/aromatic N) is 3. The summed E-state index contributed by atoms with van der Waals surface area (Å²) in [4.78, 5) is 14.8. The summed E-state index contributed by atoms with van der Waals surface area (Å²) >= 11 is 6.15. The zero-order chi connectivity index (χ0) is 21.6. The molecule has 168 valence electrons. The van der Waals surface area contributed by atoms with Crippen LogP contribution in [0.5, 0.6) is 5.75 Å². The van der Waals surface area contributed by atoms with Gasteiger partial charge in [0.15, 0.2) is 0 Å². The molecule has 0 spiro atoms. The summed E-state index contributed by atoms with van der Waals surface area (Å²) in [7, 11) is 1.93. The average Bonchev–Trinajstić information content (AvgIpc) is 3.16. The molecule has 2 heterocycles. The molecule has 6 nitrogen and oxygen atoms in total. The first-order valence-electron chi connectivity index (χ1n) is 11.4. The van der Waals surface area contributed by atoms with Crippen LogP contribution in [-0.2, 0) is 23.0 Å². The zero-order valence-corrected chi connectivity index (χ0v) is 19.0. The summed E-state index contributed by atoms with van der Waals surface area (Å²) in [5.41, 5.74) is 1.95. The van der Waals surface area contributed by atoms with Crippen LogP contribution in [0, 0.1) is 5.92 Å². The second kappa shape index (κ2) is 10.5. The molecule has 0 N–H and O–H groups in total. The van der Waals surface area contributed by atoms with Gasteiger partial charge in [0.1, 0.15) is 11.9 Å². The molecular formula is C24H32ClN3O3. The lowest BCUT2D eigenvalue weighted by Crippen LogP contribution is -2.43. The number of aromatic nitrogens is 2. The predicted octanol–water partition coefficient (Wildman–Crippen LogP) is 4.57. The molecule has 2 fully saturated rings. The molecule has 1 aliphatic carbocycles. The van der Waals surface area contributed by atoms with Gasteiger partial charge in [-0.05, 0) is 37.0 Å². The van der Waals surface area contributed by atoms with Crippen molar-refractivity contribution >= 4 is 17.5 Å². The Morgan fingerprint density at radius 2 is 2.06 bits per heavy atom. The number of benzene rings is 1. The third-order valence-corrected chi connectivity index (χ3v) is 6.70. The molecule has 1 aromatic carbocycles. The largest absolute Gasteiger partial charge is 0.492 e. The van der Waals surface area contributed by atoms with E-state index in [9.17, 15) is 4.79 Å². The standard InChI is InChI=1S/C24H32ClN3O3/c1-27-19(11-13-30-22-10-6-5-9-20(22)25)16-21(26-27)23-17-28(12-14-31-23)24(29)15-18-7-3-2-4-8-18/h5-6,9-10,16,18,23H,2-4,7-8,11-15,17H2,1H3/t23-/m0/s1. The highest BCUT2D eigenvalue weighted by Crippen LogP contribution is 2.29. The Hall–Kier alpha value is -2.05. The van der Waals surface area contributed by atoms with Gasteiger partial charge in [-0.2, -0.15) is 5.10 Å². The molecule has 1 amide bonds. The number of carbonyl (C=O) groups is 1. The number of para-hydroxylation sites is 1. The van der Waals surface area contributed by atoms with Crippen LogP contribution >= 0.6 is 11.6 Å². The van der Waals surface area contributed by atoms with Crippen LogP contribution < -0.4 is 4.74 Å². The lowest BCUT2D eigenvalue weighted by Gasteiger charge is -2.33. The second-order valence-electron chi connectivity index (χ2n) is 8.62. The normalized spacial score (nSPS) is 20.1. The van der Waals surface area contributed by atoms with Gasteiger partial charge in [0, 0.05) is 32.1 Å². The number of halogens is 1. The van der Waals surface area contributed by atoms with E-state index in [1.807, 2.05) is 40.9 Å². The minimum absolute atomic E-state index is 0.173. The fourth-order valence-electron chi connectivity index (χ4n) is 4.57. The summed E-state index contributed by atoms with van der Waals surface area (Å²) in [6.07, 6.45) is 7.45. The first-order chi connectivity index (χ1) is 15.1. The van der Waals surface area contributed by atoms with E-state index in [2.05, 4.69) is 11.2 Å². The van der Waals surface area contributed by atoms with Gasteiger partial charge in [-0.3, -0.25) is 9.48 Å². The molecule has 2 aromatic rings. The molecule has 0 bridgehead atoms. The smallest absolute Gasteiger partial charge is 0.223 e. The number of hydrogen-bond donors (Lipinski definition) is 0. The molecular weight excluding hydrogens is 414 g/mol. The molecule has 1 aliphatic heterocycles. The number of rotatable bonds is 7. The van der Waals surface area contributed by atoms with E-state index in [4.69, 9.17) is 21.1 Å². The van der Waals surface area contributed by atoms with Gasteiger partial charge in [0.05, 0.1) is 30.5 Å². The highest BCUT2D eigenvalue weighted by molar-refractivity contribution is 6.32. The lowest BCUT2D eigenvalue weighted by molar-refractivity contribution is -0.140. The third-order valence-electron chi connectivity index (χ3n) is 6.39. The molecule has 0 unspecified atom stereocenters. The highest BCUT2D eigenvalue weighted by Gasteiger charge is 2.29. The molecule has 1 aromatic heterocycles. The molecule has 4 rings (SSSR count).